The number of rotatable bonds is 4. The van der Waals surface area contributed by atoms with Gasteiger partial charge in [-0.1, -0.05) is 25.2 Å². The summed E-state index contributed by atoms with van der Waals surface area (Å²) >= 11 is 1.46. The van der Waals surface area contributed by atoms with Crippen molar-refractivity contribution in [3.63, 3.8) is 0 Å². The highest BCUT2D eigenvalue weighted by Gasteiger charge is 2.06. The number of anilines is 1. The zero-order chi connectivity index (χ0) is 9.84. The van der Waals surface area contributed by atoms with Crippen molar-refractivity contribution in [1.82, 2.24) is 15.1 Å². The summed E-state index contributed by atoms with van der Waals surface area (Å²) in [6, 6.07) is 0. The van der Waals surface area contributed by atoms with Crippen molar-refractivity contribution in [2.45, 2.75) is 20.4 Å². The molecule has 13 heavy (non-hydrogen) atoms. The largest absolute Gasteiger partial charge is 0.374 e. The molecule has 0 spiro atoms. The van der Waals surface area contributed by atoms with Crippen molar-refractivity contribution in [1.29, 1.82) is 0 Å². The number of nitrogen functional groups attached to an aromatic ring is 1. The molecule has 0 saturated heterocycles. The van der Waals surface area contributed by atoms with Crippen LogP contribution >= 0.6 is 11.3 Å². The van der Waals surface area contributed by atoms with Gasteiger partial charge in [0.05, 0.1) is 6.54 Å². The Morgan fingerprint density at radius 1 is 1.46 bits per heavy atom. The smallest absolute Gasteiger partial charge is 0.203 e. The fourth-order valence-electron chi connectivity index (χ4n) is 1.25. The van der Waals surface area contributed by atoms with Crippen LogP contribution < -0.4 is 5.73 Å². The Balaban J connectivity index is 2.40. The van der Waals surface area contributed by atoms with Gasteiger partial charge in [0.25, 0.3) is 0 Å². The third kappa shape index (κ3) is 3.69. The Kier molecular flexibility index (Phi) is 3.62. The van der Waals surface area contributed by atoms with E-state index in [0.717, 1.165) is 18.1 Å². The highest BCUT2D eigenvalue weighted by atomic mass is 32.1. The maximum Gasteiger partial charge on any atom is 0.203 e. The quantitative estimate of drug-likeness (QED) is 0.793. The molecule has 0 aliphatic rings. The summed E-state index contributed by atoms with van der Waals surface area (Å²) in [6.07, 6.45) is 0. The predicted octanol–water partition coefficient (Wildman–Crippen LogP) is 1.21. The lowest BCUT2D eigenvalue weighted by molar-refractivity contribution is 0.287. The Morgan fingerprint density at radius 2 is 2.15 bits per heavy atom. The average Bonchev–Trinajstić information content (AvgIpc) is 2.33. The first-order valence-corrected chi connectivity index (χ1v) is 5.16. The highest BCUT2D eigenvalue weighted by Crippen LogP contribution is 2.12. The number of hydrogen-bond acceptors (Lipinski definition) is 5. The summed E-state index contributed by atoms with van der Waals surface area (Å²) in [4.78, 5) is 2.23. The molecule has 1 rings (SSSR count). The minimum atomic E-state index is 0.549. The molecule has 0 radical (unpaired) electrons. The first-order chi connectivity index (χ1) is 6.08. The van der Waals surface area contributed by atoms with Gasteiger partial charge in [0.2, 0.25) is 5.13 Å². The molecule has 0 amide bonds. The molecule has 1 aromatic heterocycles. The molecule has 4 nitrogen and oxygen atoms in total. The molecule has 0 saturated carbocycles. The molecule has 0 aliphatic heterocycles. The van der Waals surface area contributed by atoms with Crippen LogP contribution in [-0.4, -0.2) is 28.7 Å². The molecular weight excluding hydrogens is 184 g/mol. The van der Waals surface area contributed by atoms with Gasteiger partial charge in [0, 0.05) is 6.54 Å². The molecule has 0 unspecified atom stereocenters. The van der Waals surface area contributed by atoms with E-state index in [9.17, 15) is 0 Å². The molecule has 5 heteroatoms. The lowest BCUT2D eigenvalue weighted by Gasteiger charge is -2.16. The fourth-order valence-corrected chi connectivity index (χ4v) is 1.94. The molecule has 74 valence electrons. The van der Waals surface area contributed by atoms with Crippen LogP contribution in [0.15, 0.2) is 0 Å². The van der Waals surface area contributed by atoms with Gasteiger partial charge >= 0.3 is 0 Å². The Morgan fingerprint density at radius 3 is 2.62 bits per heavy atom. The van der Waals surface area contributed by atoms with E-state index in [1.54, 1.807) is 0 Å². The monoisotopic (exact) mass is 200 g/mol. The molecule has 0 fully saturated rings. The van der Waals surface area contributed by atoms with E-state index in [0.29, 0.717) is 11.0 Å². The highest BCUT2D eigenvalue weighted by molar-refractivity contribution is 7.15. The third-order valence-electron chi connectivity index (χ3n) is 1.56. The number of hydrogen-bond donors (Lipinski definition) is 1. The van der Waals surface area contributed by atoms with E-state index in [1.165, 1.54) is 11.3 Å². The SMILES string of the molecule is CC(C)CN(C)Cc1nnc(N)s1. The molecule has 1 aromatic rings. The Bertz CT molecular complexity index is 258. The zero-order valence-electron chi connectivity index (χ0n) is 8.32. The minimum Gasteiger partial charge on any atom is -0.374 e. The van der Waals surface area contributed by atoms with Crippen LogP contribution in [0.1, 0.15) is 18.9 Å². The number of nitrogens with two attached hydrogens (primary N) is 1. The maximum absolute atomic E-state index is 5.48. The zero-order valence-corrected chi connectivity index (χ0v) is 9.14. The van der Waals surface area contributed by atoms with E-state index >= 15 is 0 Å². The van der Waals surface area contributed by atoms with Crippen molar-refractivity contribution in [2.75, 3.05) is 19.3 Å². The number of aromatic nitrogens is 2. The standard InChI is InChI=1S/C8H16N4S/c1-6(2)4-12(3)5-7-10-11-8(9)13-7/h6H,4-5H2,1-3H3,(H2,9,11). The fraction of sp³-hybridized carbons (Fsp3) is 0.750. The van der Waals surface area contributed by atoms with Crippen molar-refractivity contribution in [2.24, 2.45) is 5.92 Å². The van der Waals surface area contributed by atoms with Crippen molar-refractivity contribution >= 4 is 16.5 Å². The van der Waals surface area contributed by atoms with Crippen molar-refractivity contribution in [3.05, 3.63) is 5.01 Å². The van der Waals surface area contributed by atoms with E-state index in [4.69, 9.17) is 5.73 Å². The van der Waals surface area contributed by atoms with Gasteiger partial charge in [-0.3, -0.25) is 4.90 Å². The van der Waals surface area contributed by atoms with Crippen LogP contribution in [0.4, 0.5) is 5.13 Å². The molecule has 2 N–H and O–H groups in total. The van der Waals surface area contributed by atoms with Crippen molar-refractivity contribution < 1.29 is 0 Å². The Hall–Kier alpha value is -0.680. The summed E-state index contributed by atoms with van der Waals surface area (Å²) in [5.74, 6) is 0.676. The van der Waals surface area contributed by atoms with Crippen LogP contribution in [0.5, 0.6) is 0 Å². The van der Waals surface area contributed by atoms with E-state index < -0.39 is 0 Å². The predicted molar refractivity (Wildman–Crippen MR) is 55.5 cm³/mol. The van der Waals surface area contributed by atoms with Gasteiger partial charge in [-0.2, -0.15) is 0 Å². The van der Waals surface area contributed by atoms with E-state index in [-0.39, 0.29) is 0 Å². The molecule has 0 aliphatic carbocycles. The van der Waals surface area contributed by atoms with Crippen LogP contribution in [0.25, 0.3) is 0 Å². The van der Waals surface area contributed by atoms with Crippen LogP contribution in [-0.2, 0) is 6.54 Å². The molecule has 0 atom stereocenters. The second-order valence-corrected chi connectivity index (χ2v) is 4.72. The summed E-state index contributed by atoms with van der Waals surface area (Å²) < 4.78 is 0. The second-order valence-electron chi connectivity index (χ2n) is 3.62. The normalized spacial score (nSPS) is 11.5. The van der Waals surface area contributed by atoms with E-state index in [1.807, 2.05) is 0 Å². The van der Waals surface area contributed by atoms with E-state index in [2.05, 4.69) is 36.0 Å². The van der Waals surface area contributed by atoms with Gasteiger partial charge in [-0.15, -0.1) is 10.2 Å². The van der Waals surface area contributed by atoms with Gasteiger partial charge in [0.15, 0.2) is 0 Å². The van der Waals surface area contributed by atoms with Gasteiger partial charge < -0.3 is 5.73 Å². The lowest BCUT2D eigenvalue weighted by Crippen LogP contribution is -2.22. The first kappa shape index (κ1) is 10.4. The summed E-state index contributed by atoms with van der Waals surface area (Å²) in [7, 11) is 2.08. The van der Waals surface area contributed by atoms with Gasteiger partial charge in [-0.25, -0.2) is 0 Å². The summed E-state index contributed by atoms with van der Waals surface area (Å²) in [5.41, 5.74) is 5.48. The average molecular weight is 200 g/mol. The first-order valence-electron chi connectivity index (χ1n) is 4.34. The van der Waals surface area contributed by atoms with Gasteiger partial charge in [-0.05, 0) is 13.0 Å². The van der Waals surface area contributed by atoms with Gasteiger partial charge in [0.1, 0.15) is 5.01 Å². The Labute approximate surface area is 82.8 Å². The maximum atomic E-state index is 5.48. The summed E-state index contributed by atoms with van der Waals surface area (Å²) in [5, 5.41) is 9.27. The third-order valence-corrected chi connectivity index (χ3v) is 2.30. The summed E-state index contributed by atoms with van der Waals surface area (Å²) in [6.45, 7) is 6.31. The minimum absolute atomic E-state index is 0.549. The van der Waals surface area contributed by atoms with Crippen LogP contribution in [0.2, 0.25) is 0 Å². The molecule has 0 bridgehead atoms. The van der Waals surface area contributed by atoms with Crippen LogP contribution in [0, 0.1) is 5.92 Å². The lowest BCUT2D eigenvalue weighted by atomic mass is 10.2. The molecule has 1 heterocycles. The molecular formula is C8H16N4S. The second kappa shape index (κ2) is 4.53. The topological polar surface area (TPSA) is 55.0 Å². The number of nitrogens with zero attached hydrogens (tertiary/aromatic N) is 3. The molecule has 0 aromatic carbocycles. The van der Waals surface area contributed by atoms with Crippen molar-refractivity contribution in [3.8, 4) is 0 Å². The van der Waals surface area contributed by atoms with Crippen LogP contribution in [0.3, 0.4) is 0 Å².